The second kappa shape index (κ2) is 8.27. The molecule has 1 fully saturated rings. The van der Waals surface area contributed by atoms with Crippen LogP contribution in [-0.2, 0) is 0 Å². The zero-order valence-corrected chi connectivity index (χ0v) is 17.2. The van der Waals surface area contributed by atoms with Gasteiger partial charge in [-0.05, 0) is 44.5 Å². The zero-order chi connectivity index (χ0) is 20.4. The molecular formula is C22H30N4O2. The SMILES string of the molecule is CCC(C)C(=N)C(=O)c1cc2cc(C(=O)N3CCN(C(C)C)CC3)ccc2[nH]1. The van der Waals surface area contributed by atoms with Gasteiger partial charge in [0, 0.05) is 54.6 Å². The van der Waals surface area contributed by atoms with Crippen molar-refractivity contribution in [3.63, 3.8) is 0 Å². The van der Waals surface area contributed by atoms with Crippen molar-refractivity contribution >= 4 is 28.3 Å². The second-order valence-electron chi connectivity index (χ2n) is 7.96. The van der Waals surface area contributed by atoms with Crippen LogP contribution in [0.4, 0.5) is 0 Å². The molecule has 1 aliphatic rings. The number of carbonyl (C=O) groups is 2. The lowest BCUT2D eigenvalue weighted by molar-refractivity contribution is 0.0595. The third kappa shape index (κ3) is 4.02. The molecule has 3 rings (SSSR count). The summed E-state index contributed by atoms with van der Waals surface area (Å²) in [6.07, 6.45) is 0.757. The molecule has 2 N–H and O–H groups in total. The van der Waals surface area contributed by atoms with Crippen molar-refractivity contribution in [2.45, 2.75) is 40.2 Å². The maximum atomic E-state index is 12.9. The fraction of sp³-hybridized carbons (Fsp3) is 0.500. The molecule has 1 aromatic heterocycles. The first-order valence-electron chi connectivity index (χ1n) is 10.1. The quantitative estimate of drug-likeness (QED) is 0.592. The number of aromatic amines is 1. The molecule has 1 amide bonds. The molecule has 2 aromatic rings. The van der Waals surface area contributed by atoms with Crippen molar-refractivity contribution in [3.8, 4) is 0 Å². The number of rotatable bonds is 6. The van der Waals surface area contributed by atoms with Gasteiger partial charge in [-0.1, -0.05) is 13.8 Å². The molecule has 6 heteroatoms. The van der Waals surface area contributed by atoms with Crippen LogP contribution in [0.3, 0.4) is 0 Å². The van der Waals surface area contributed by atoms with Crippen molar-refractivity contribution in [2.75, 3.05) is 26.2 Å². The van der Waals surface area contributed by atoms with E-state index < -0.39 is 0 Å². The minimum atomic E-state index is -0.275. The fourth-order valence-corrected chi connectivity index (χ4v) is 3.58. The van der Waals surface area contributed by atoms with Gasteiger partial charge in [0.05, 0.1) is 11.4 Å². The average molecular weight is 383 g/mol. The van der Waals surface area contributed by atoms with E-state index in [0.29, 0.717) is 17.3 Å². The van der Waals surface area contributed by atoms with E-state index in [4.69, 9.17) is 5.41 Å². The van der Waals surface area contributed by atoms with E-state index in [1.807, 2.05) is 36.9 Å². The molecule has 1 unspecified atom stereocenters. The normalized spacial score (nSPS) is 16.5. The lowest BCUT2D eigenvalue weighted by atomic mass is 9.98. The molecule has 1 aliphatic heterocycles. The number of H-pyrrole nitrogens is 1. The van der Waals surface area contributed by atoms with Crippen molar-refractivity contribution in [3.05, 3.63) is 35.5 Å². The van der Waals surface area contributed by atoms with Crippen LogP contribution >= 0.6 is 0 Å². The highest BCUT2D eigenvalue weighted by atomic mass is 16.2. The maximum absolute atomic E-state index is 12.9. The minimum Gasteiger partial charge on any atom is -0.352 e. The Balaban J connectivity index is 1.76. The lowest BCUT2D eigenvalue weighted by Crippen LogP contribution is -2.50. The van der Waals surface area contributed by atoms with Crippen LogP contribution in [0, 0.1) is 11.3 Å². The third-order valence-corrected chi connectivity index (χ3v) is 5.79. The monoisotopic (exact) mass is 382 g/mol. The van der Waals surface area contributed by atoms with Crippen molar-refractivity contribution < 1.29 is 9.59 Å². The van der Waals surface area contributed by atoms with Crippen LogP contribution in [0.25, 0.3) is 10.9 Å². The van der Waals surface area contributed by atoms with Crippen LogP contribution in [0.2, 0.25) is 0 Å². The summed E-state index contributed by atoms with van der Waals surface area (Å²) in [6.45, 7) is 11.5. The predicted molar refractivity (Wildman–Crippen MR) is 112 cm³/mol. The Bertz CT molecular complexity index is 891. The van der Waals surface area contributed by atoms with Gasteiger partial charge in [0.2, 0.25) is 5.78 Å². The van der Waals surface area contributed by atoms with Gasteiger partial charge >= 0.3 is 0 Å². The summed E-state index contributed by atoms with van der Waals surface area (Å²) >= 11 is 0. The number of Topliss-reactive ketones (excluding diaryl/α,β-unsaturated/α-hetero) is 1. The number of benzene rings is 1. The number of fused-ring (bicyclic) bond motifs is 1. The molecule has 1 saturated heterocycles. The van der Waals surface area contributed by atoms with Crippen molar-refractivity contribution in [1.82, 2.24) is 14.8 Å². The molecular weight excluding hydrogens is 352 g/mol. The van der Waals surface area contributed by atoms with Crippen LogP contribution in [0.15, 0.2) is 24.3 Å². The zero-order valence-electron chi connectivity index (χ0n) is 17.2. The van der Waals surface area contributed by atoms with Crippen LogP contribution < -0.4 is 0 Å². The van der Waals surface area contributed by atoms with Crippen LogP contribution in [0.1, 0.15) is 55.0 Å². The summed E-state index contributed by atoms with van der Waals surface area (Å²) in [5.41, 5.74) is 1.98. The average Bonchev–Trinajstić information content (AvgIpc) is 3.14. The fourth-order valence-electron chi connectivity index (χ4n) is 3.58. The molecule has 0 saturated carbocycles. The number of nitrogens with zero attached hydrogens (tertiary/aromatic N) is 2. The summed E-state index contributed by atoms with van der Waals surface area (Å²) in [5.74, 6) is -0.310. The number of carbonyl (C=O) groups excluding carboxylic acids is 2. The van der Waals surface area contributed by atoms with Crippen molar-refractivity contribution in [2.24, 2.45) is 5.92 Å². The second-order valence-corrected chi connectivity index (χ2v) is 7.96. The molecule has 6 nitrogen and oxygen atoms in total. The molecule has 2 heterocycles. The number of piperazine rings is 1. The highest BCUT2D eigenvalue weighted by molar-refractivity contribution is 6.45. The van der Waals surface area contributed by atoms with E-state index in [-0.39, 0.29) is 23.3 Å². The molecule has 0 radical (unpaired) electrons. The Kier molecular flexibility index (Phi) is 5.98. The Hall–Kier alpha value is -2.47. The molecule has 28 heavy (non-hydrogen) atoms. The summed E-state index contributed by atoms with van der Waals surface area (Å²) in [7, 11) is 0. The highest BCUT2D eigenvalue weighted by Crippen LogP contribution is 2.21. The first-order chi connectivity index (χ1) is 13.3. The Morgan fingerprint density at radius 2 is 1.79 bits per heavy atom. The van der Waals surface area contributed by atoms with Gasteiger partial charge in [-0.3, -0.25) is 14.5 Å². The van der Waals surface area contributed by atoms with E-state index in [1.54, 1.807) is 6.07 Å². The third-order valence-electron chi connectivity index (χ3n) is 5.79. The first-order valence-corrected chi connectivity index (χ1v) is 10.1. The highest BCUT2D eigenvalue weighted by Gasteiger charge is 2.24. The number of nitrogens with one attached hydrogen (secondary N) is 2. The van der Waals surface area contributed by atoms with Gasteiger partial charge in [0.1, 0.15) is 0 Å². The van der Waals surface area contributed by atoms with Gasteiger partial charge in [0.25, 0.3) is 5.91 Å². The molecule has 150 valence electrons. The van der Waals surface area contributed by atoms with Crippen LogP contribution in [0.5, 0.6) is 0 Å². The smallest absolute Gasteiger partial charge is 0.253 e. The summed E-state index contributed by atoms with van der Waals surface area (Å²) in [4.78, 5) is 32.8. The van der Waals surface area contributed by atoms with Gasteiger partial charge in [-0.15, -0.1) is 0 Å². The van der Waals surface area contributed by atoms with Gasteiger partial charge in [0.15, 0.2) is 0 Å². The maximum Gasteiger partial charge on any atom is 0.253 e. The van der Waals surface area contributed by atoms with E-state index in [1.165, 1.54) is 0 Å². The standard InChI is InChI=1S/C22H30N4O2/c1-5-15(4)20(23)21(27)19-13-17-12-16(6-7-18(17)24-19)22(28)26-10-8-25(9-11-26)14(2)3/h6-7,12-15,23-24H,5,8-11H2,1-4H3. The van der Waals surface area contributed by atoms with Gasteiger partial charge in [-0.2, -0.15) is 0 Å². The molecule has 0 bridgehead atoms. The Morgan fingerprint density at radius 3 is 2.39 bits per heavy atom. The van der Waals surface area contributed by atoms with Gasteiger partial charge < -0.3 is 15.3 Å². The largest absolute Gasteiger partial charge is 0.352 e. The predicted octanol–water partition coefficient (Wildman–Crippen LogP) is 3.58. The Labute approximate surface area is 166 Å². The number of aromatic nitrogens is 1. The number of hydrogen-bond acceptors (Lipinski definition) is 4. The van der Waals surface area contributed by atoms with E-state index in [9.17, 15) is 9.59 Å². The van der Waals surface area contributed by atoms with Gasteiger partial charge in [-0.25, -0.2) is 0 Å². The topological polar surface area (TPSA) is 80.3 Å². The first kappa shape index (κ1) is 20.3. The summed E-state index contributed by atoms with van der Waals surface area (Å²) in [5, 5.41) is 8.89. The van der Waals surface area contributed by atoms with E-state index in [0.717, 1.165) is 43.5 Å². The number of amides is 1. The van der Waals surface area contributed by atoms with Crippen molar-refractivity contribution in [1.29, 1.82) is 5.41 Å². The number of ketones is 1. The summed E-state index contributed by atoms with van der Waals surface area (Å²) in [6, 6.07) is 7.74. The lowest BCUT2D eigenvalue weighted by Gasteiger charge is -2.37. The molecule has 0 spiro atoms. The summed E-state index contributed by atoms with van der Waals surface area (Å²) < 4.78 is 0. The molecule has 1 aromatic carbocycles. The van der Waals surface area contributed by atoms with E-state index >= 15 is 0 Å². The minimum absolute atomic E-state index is 0.0340. The van der Waals surface area contributed by atoms with Crippen LogP contribution in [-0.4, -0.2) is 64.4 Å². The van der Waals surface area contributed by atoms with E-state index in [2.05, 4.69) is 23.7 Å². The molecule has 0 aliphatic carbocycles. The molecule has 1 atom stereocenters. The number of hydrogen-bond donors (Lipinski definition) is 2. The Morgan fingerprint density at radius 1 is 1.11 bits per heavy atom.